The monoisotopic (exact) mass is 222 g/mol. The Morgan fingerprint density at radius 1 is 1.47 bits per heavy atom. The van der Waals surface area contributed by atoms with E-state index in [2.05, 4.69) is 31.2 Å². The summed E-state index contributed by atoms with van der Waals surface area (Å²) < 4.78 is 0. The normalized spacial score (nSPS) is 25.7. The molecule has 15 heavy (non-hydrogen) atoms. The van der Waals surface area contributed by atoms with Gasteiger partial charge in [-0.15, -0.1) is 0 Å². The number of hydrogen-bond acceptors (Lipinski definition) is 2. The number of hydrogen-bond donors (Lipinski definition) is 1. The Balaban J connectivity index is 2.23. The van der Waals surface area contributed by atoms with Crippen molar-refractivity contribution >= 4 is 11.8 Å². The molecule has 1 aromatic rings. The lowest BCUT2D eigenvalue weighted by atomic mass is 9.91. The molecule has 1 fully saturated rings. The first-order valence-corrected chi connectivity index (χ1v) is 6.79. The van der Waals surface area contributed by atoms with Crippen LogP contribution in [-0.2, 0) is 12.0 Å². The van der Waals surface area contributed by atoms with Crippen molar-refractivity contribution in [2.75, 3.05) is 11.5 Å². The summed E-state index contributed by atoms with van der Waals surface area (Å²) in [5.74, 6) is 1.93. The average molecular weight is 222 g/mol. The third kappa shape index (κ3) is 2.37. The van der Waals surface area contributed by atoms with Crippen LogP contribution in [-0.4, -0.2) is 16.6 Å². The van der Waals surface area contributed by atoms with E-state index in [-0.39, 0.29) is 0 Å². The standard InChI is InChI=1S/C13H18OS/c1-2-4-11-5-3-6-12(9-11)13(14)7-8-15-10-13/h3,5-6,9,14H,2,4,7-8,10H2,1H3. The summed E-state index contributed by atoms with van der Waals surface area (Å²) in [7, 11) is 0. The number of thioether (sulfide) groups is 1. The molecule has 1 unspecified atom stereocenters. The molecule has 0 amide bonds. The lowest BCUT2D eigenvalue weighted by molar-refractivity contribution is 0.0657. The van der Waals surface area contributed by atoms with Gasteiger partial charge in [0.05, 0.1) is 5.60 Å². The SMILES string of the molecule is CCCc1cccc(C2(O)CCSC2)c1. The highest BCUT2D eigenvalue weighted by atomic mass is 32.2. The van der Waals surface area contributed by atoms with E-state index in [0.717, 1.165) is 36.3 Å². The van der Waals surface area contributed by atoms with Crippen LogP contribution < -0.4 is 0 Å². The van der Waals surface area contributed by atoms with Crippen LogP contribution in [0.1, 0.15) is 30.9 Å². The predicted octanol–water partition coefficient (Wildman–Crippen LogP) is 2.96. The molecule has 0 saturated carbocycles. The Bertz CT molecular complexity index is 329. The molecule has 2 heteroatoms. The maximum atomic E-state index is 10.4. The molecule has 1 atom stereocenters. The van der Waals surface area contributed by atoms with Gasteiger partial charge < -0.3 is 5.11 Å². The third-order valence-corrected chi connectivity index (χ3v) is 4.18. The van der Waals surface area contributed by atoms with Gasteiger partial charge in [0.2, 0.25) is 0 Å². The summed E-state index contributed by atoms with van der Waals surface area (Å²) in [6.07, 6.45) is 3.17. The maximum absolute atomic E-state index is 10.4. The zero-order valence-electron chi connectivity index (χ0n) is 9.20. The van der Waals surface area contributed by atoms with Gasteiger partial charge in [-0.25, -0.2) is 0 Å². The first kappa shape index (κ1) is 11.0. The van der Waals surface area contributed by atoms with Crippen LogP contribution in [0.5, 0.6) is 0 Å². The molecule has 1 aliphatic heterocycles. The first-order chi connectivity index (χ1) is 7.24. The smallest absolute Gasteiger partial charge is 0.0994 e. The zero-order valence-corrected chi connectivity index (χ0v) is 10.0. The summed E-state index contributed by atoms with van der Waals surface area (Å²) in [5.41, 5.74) is 1.90. The lowest BCUT2D eigenvalue weighted by Gasteiger charge is -2.22. The molecular weight excluding hydrogens is 204 g/mol. The van der Waals surface area contributed by atoms with Crippen molar-refractivity contribution < 1.29 is 5.11 Å². The van der Waals surface area contributed by atoms with Crippen LogP contribution in [0.25, 0.3) is 0 Å². The van der Waals surface area contributed by atoms with Crippen molar-refractivity contribution in [2.24, 2.45) is 0 Å². The van der Waals surface area contributed by atoms with Gasteiger partial charge in [0.1, 0.15) is 0 Å². The molecule has 82 valence electrons. The summed E-state index contributed by atoms with van der Waals surface area (Å²) in [5, 5.41) is 10.4. The van der Waals surface area contributed by atoms with Crippen LogP contribution in [0, 0.1) is 0 Å². The highest BCUT2D eigenvalue weighted by molar-refractivity contribution is 7.99. The highest BCUT2D eigenvalue weighted by Gasteiger charge is 2.33. The average Bonchev–Trinajstić information content (AvgIpc) is 2.68. The quantitative estimate of drug-likeness (QED) is 0.848. The van der Waals surface area contributed by atoms with Crippen molar-refractivity contribution in [2.45, 2.75) is 31.8 Å². The van der Waals surface area contributed by atoms with Gasteiger partial charge in [-0.2, -0.15) is 11.8 Å². The van der Waals surface area contributed by atoms with Crippen LogP contribution in [0.4, 0.5) is 0 Å². The zero-order chi connectivity index (χ0) is 10.7. The molecule has 1 nitrogen and oxygen atoms in total. The molecule has 1 N–H and O–H groups in total. The van der Waals surface area contributed by atoms with Gasteiger partial charge in [0.15, 0.2) is 0 Å². The van der Waals surface area contributed by atoms with E-state index in [4.69, 9.17) is 0 Å². The van der Waals surface area contributed by atoms with Crippen molar-refractivity contribution in [3.05, 3.63) is 35.4 Å². The predicted molar refractivity (Wildman–Crippen MR) is 66.3 cm³/mol. The fourth-order valence-electron chi connectivity index (χ4n) is 2.09. The van der Waals surface area contributed by atoms with Crippen molar-refractivity contribution in [1.82, 2.24) is 0 Å². The first-order valence-electron chi connectivity index (χ1n) is 5.64. The fraction of sp³-hybridized carbons (Fsp3) is 0.538. The number of aryl methyl sites for hydroxylation is 1. The van der Waals surface area contributed by atoms with Crippen LogP contribution in [0.2, 0.25) is 0 Å². The molecule has 0 bridgehead atoms. The minimum Gasteiger partial charge on any atom is -0.384 e. The van der Waals surface area contributed by atoms with Gasteiger partial charge >= 0.3 is 0 Å². The van der Waals surface area contributed by atoms with E-state index in [9.17, 15) is 5.11 Å². The van der Waals surface area contributed by atoms with E-state index in [1.807, 2.05) is 11.8 Å². The second kappa shape index (κ2) is 4.58. The van der Waals surface area contributed by atoms with E-state index in [1.165, 1.54) is 5.56 Å². The molecule has 0 aromatic heterocycles. The van der Waals surface area contributed by atoms with Gasteiger partial charge in [-0.3, -0.25) is 0 Å². The minimum absolute atomic E-state index is 0.561. The van der Waals surface area contributed by atoms with Crippen LogP contribution in [0.15, 0.2) is 24.3 Å². The van der Waals surface area contributed by atoms with Crippen LogP contribution >= 0.6 is 11.8 Å². The number of rotatable bonds is 3. The Hall–Kier alpha value is -0.470. The number of aliphatic hydroxyl groups is 1. The highest BCUT2D eigenvalue weighted by Crippen LogP contribution is 2.36. The maximum Gasteiger partial charge on any atom is 0.0994 e. The fourth-order valence-corrected chi connectivity index (χ4v) is 3.36. The molecule has 1 aromatic carbocycles. The summed E-state index contributed by atoms with van der Waals surface area (Å²) >= 11 is 1.85. The minimum atomic E-state index is -0.561. The Kier molecular flexibility index (Phi) is 3.37. The largest absolute Gasteiger partial charge is 0.384 e. The molecule has 1 heterocycles. The second-order valence-corrected chi connectivity index (χ2v) is 5.39. The Morgan fingerprint density at radius 3 is 3.00 bits per heavy atom. The van der Waals surface area contributed by atoms with E-state index in [1.54, 1.807) is 0 Å². The van der Waals surface area contributed by atoms with Crippen LogP contribution in [0.3, 0.4) is 0 Å². The van der Waals surface area contributed by atoms with Crippen molar-refractivity contribution in [3.63, 3.8) is 0 Å². The molecule has 0 spiro atoms. The molecule has 0 aliphatic carbocycles. The van der Waals surface area contributed by atoms with E-state index in [0.29, 0.717) is 0 Å². The van der Waals surface area contributed by atoms with Gasteiger partial charge in [-0.1, -0.05) is 37.6 Å². The number of benzene rings is 1. The molecule has 0 radical (unpaired) electrons. The molecule has 2 rings (SSSR count). The lowest BCUT2D eigenvalue weighted by Crippen LogP contribution is -2.24. The third-order valence-electron chi connectivity index (χ3n) is 3.00. The van der Waals surface area contributed by atoms with Gasteiger partial charge in [0, 0.05) is 5.75 Å². The second-order valence-electron chi connectivity index (χ2n) is 4.28. The Morgan fingerprint density at radius 2 is 2.33 bits per heavy atom. The van der Waals surface area contributed by atoms with Crippen molar-refractivity contribution in [3.8, 4) is 0 Å². The molecule has 1 saturated heterocycles. The Labute approximate surface area is 95.9 Å². The van der Waals surface area contributed by atoms with E-state index < -0.39 is 5.60 Å². The summed E-state index contributed by atoms with van der Waals surface area (Å²) in [4.78, 5) is 0. The molecular formula is C13H18OS. The summed E-state index contributed by atoms with van der Waals surface area (Å²) in [6.45, 7) is 2.19. The summed E-state index contributed by atoms with van der Waals surface area (Å²) in [6, 6.07) is 8.46. The van der Waals surface area contributed by atoms with Gasteiger partial charge in [-0.05, 0) is 29.7 Å². The topological polar surface area (TPSA) is 20.2 Å². The van der Waals surface area contributed by atoms with Crippen molar-refractivity contribution in [1.29, 1.82) is 0 Å². The van der Waals surface area contributed by atoms with E-state index >= 15 is 0 Å². The van der Waals surface area contributed by atoms with Gasteiger partial charge in [0.25, 0.3) is 0 Å². The molecule has 1 aliphatic rings.